The molecule has 2 nitrogen and oxygen atoms in total. The van der Waals surface area contributed by atoms with Gasteiger partial charge in [0.1, 0.15) is 16.8 Å². The predicted molar refractivity (Wildman–Crippen MR) is 90.7 cm³/mol. The highest BCUT2D eigenvalue weighted by molar-refractivity contribution is 7.80. The fourth-order valence-electron chi connectivity index (χ4n) is 4.39. The Balaban J connectivity index is 1.92. The molecule has 2 N–H and O–H groups in total. The minimum Gasteiger partial charge on any atom is -0.489 e. The van der Waals surface area contributed by atoms with Crippen LogP contribution in [0.5, 0.6) is 5.75 Å². The molecule has 0 aromatic heterocycles. The second-order valence-electron chi connectivity index (χ2n) is 7.58. The Morgan fingerprint density at radius 2 is 2.05 bits per heavy atom. The molecule has 0 saturated heterocycles. The van der Waals surface area contributed by atoms with Gasteiger partial charge < -0.3 is 10.5 Å². The van der Waals surface area contributed by atoms with Gasteiger partial charge in [-0.3, -0.25) is 0 Å². The smallest absolute Gasteiger partial charge is 0.130 e. The average molecular weight is 303 g/mol. The van der Waals surface area contributed by atoms with E-state index in [1.54, 1.807) is 0 Å². The zero-order valence-electron chi connectivity index (χ0n) is 13.4. The minimum absolute atomic E-state index is 0.245. The van der Waals surface area contributed by atoms with Crippen molar-refractivity contribution in [2.75, 3.05) is 0 Å². The average Bonchev–Trinajstić information content (AvgIpc) is 2.71. The molecule has 2 saturated carbocycles. The van der Waals surface area contributed by atoms with Gasteiger partial charge in [-0.2, -0.15) is 0 Å². The first-order valence-electron chi connectivity index (χ1n) is 7.83. The fraction of sp³-hybridized carbons (Fsp3) is 0.611. The van der Waals surface area contributed by atoms with Gasteiger partial charge in [-0.15, -0.1) is 0 Å². The van der Waals surface area contributed by atoms with Crippen molar-refractivity contribution < 1.29 is 4.74 Å². The van der Waals surface area contributed by atoms with E-state index in [0.29, 0.717) is 10.4 Å². The highest BCUT2D eigenvalue weighted by atomic mass is 32.1. The number of rotatable bonds is 3. The van der Waals surface area contributed by atoms with E-state index in [4.69, 9.17) is 22.7 Å². The Morgan fingerprint density at radius 1 is 1.33 bits per heavy atom. The summed E-state index contributed by atoms with van der Waals surface area (Å²) in [5.74, 6) is 1.63. The van der Waals surface area contributed by atoms with Crippen molar-refractivity contribution in [3.05, 3.63) is 29.3 Å². The van der Waals surface area contributed by atoms with Crippen LogP contribution in [-0.2, 0) is 0 Å². The second-order valence-corrected chi connectivity index (χ2v) is 8.02. The molecule has 2 bridgehead atoms. The highest BCUT2D eigenvalue weighted by Crippen LogP contribution is 2.66. The fourth-order valence-corrected chi connectivity index (χ4v) is 4.56. The van der Waals surface area contributed by atoms with Gasteiger partial charge in [-0.25, -0.2) is 0 Å². The molecule has 1 aromatic carbocycles. The molecular weight excluding hydrogens is 278 g/mol. The van der Waals surface area contributed by atoms with Gasteiger partial charge in [-0.05, 0) is 55.2 Å². The van der Waals surface area contributed by atoms with E-state index < -0.39 is 0 Å². The van der Waals surface area contributed by atoms with E-state index in [2.05, 4.69) is 33.8 Å². The maximum Gasteiger partial charge on any atom is 0.130 e. The van der Waals surface area contributed by atoms with Gasteiger partial charge in [0.2, 0.25) is 0 Å². The van der Waals surface area contributed by atoms with Crippen molar-refractivity contribution in [3.8, 4) is 5.75 Å². The molecule has 0 spiro atoms. The van der Waals surface area contributed by atoms with Crippen LogP contribution in [-0.4, -0.2) is 11.1 Å². The molecule has 1 aromatic rings. The van der Waals surface area contributed by atoms with Crippen LogP contribution in [0.25, 0.3) is 0 Å². The molecule has 0 radical (unpaired) electrons. The van der Waals surface area contributed by atoms with Crippen LogP contribution in [0.15, 0.2) is 18.2 Å². The molecule has 3 heteroatoms. The summed E-state index contributed by atoms with van der Waals surface area (Å²) in [5, 5.41) is 0. The Labute approximate surface area is 133 Å². The summed E-state index contributed by atoms with van der Waals surface area (Å²) < 4.78 is 6.45. The molecule has 114 valence electrons. The third-order valence-electron chi connectivity index (χ3n) is 6.39. The van der Waals surface area contributed by atoms with Crippen LogP contribution in [0.3, 0.4) is 0 Å². The number of ether oxygens (including phenoxy) is 1. The summed E-state index contributed by atoms with van der Waals surface area (Å²) in [4.78, 5) is 0.414. The lowest BCUT2D eigenvalue weighted by Gasteiger charge is -2.39. The number of thiocarbonyl (C=S) groups is 1. The molecule has 3 rings (SSSR count). The number of fused-ring (bicyclic) bond motifs is 2. The summed E-state index contributed by atoms with van der Waals surface area (Å²) in [6, 6.07) is 6.08. The van der Waals surface area contributed by atoms with Gasteiger partial charge >= 0.3 is 0 Å². The molecule has 2 aliphatic rings. The molecule has 3 atom stereocenters. The number of nitrogens with two attached hydrogens (primary N) is 1. The maximum absolute atomic E-state index is 6.45. The van der Waals surface area contributed by atoms with Crippen molar-refractivity contribution in [1.29, 1.82) is 0 Å². The van der Waals surface area contributed by atoms with E-state index in [1.165, 1.54) is 18.4 Å². The summed E-state index contributed by atoms with van der Waals surface area (Å²) in [5.41, 5.74) is 8.49. The molecule has 0 heterocycles. The summed E-state index contributed by atoms with van der Waals surface area (Å²) in [6.07, 6.45) is 4.00. The van der Waals surface area contributed by atoms with Gasteiger partial charge in [0.25, 0.3) is 0 Å². The molecule has 2 aliphatic carbocycles. The van der Waals surface area contributed by atoms with E-state index >= 15 is 0 Å². The molecule has 2 fully saturated rings. The number of aryl methyl sites for hydroxylation is 1. The van der Waals surface area contributed by atoms with Crippen molar-refractivity contribution >= 4 is 17.2 Å². The third kappa shape index (κ3) is 2.09. The SMILES string of the molecule is Cc1ccc(C(N)=S)c(OC2CC3CCC2(C)C3(C)C)c1. The largest absolute Gasteiger partial charge is 0.489 e. The van der Waals surface area contributed by atoms with E-state index in [-0.39, 0.29) is 11.5 Å². The first-order chi connectivity index (χ1) is 9.75. The minimum atomic E-state index is 0.245. The maximum atomic E-state index is 6.45. The normalized spacial score (nSPS) is 33.1. The lowest BCUT2D eigenvalue weighted by Crippen LogP contribution is -2.39. The first-order valence-corrected chi connectivity index (χ1v) is 8.23. The van der Waals surface area contributed by atoms with Crippen molar-refractivity contribution in [2.24, 2.45) is 22.5 Å². The zero-order valence-corrected chi connectivity index (χ0v) is 14.2. The van der Waals surface area contributed by atoms with Crippen molar-refractivity contribution in [3.63, 3.8) is 0 Å². The van der Waals surface area contributed by atoms with Gasteiger partial charge in [-0.1, -0.05) is 39.1 Å². The van der Waals surface area contributed by atoms with Gasteiger partial charge in [0.05, 0.1) is 5.56 Å². The predicted octanol–water partition coefficient (Wildman–Crippen LogP) is 4.22. The van der Waals surface area contributed by atoms with E-state index in [9.17, 15) is 0 Å². The van der Waals surface area contributed by atoms with Crippen molar-refractivity contribution in [1.82, 2.24) is 0 Å². The topological polar surface area (TPSA) is 35.2 Å². The molecule has 3 unspecified atom stereocenters. The van der Waals surface area contributed by atoms with Crippen LogP contribution in [0.4, 0.5) is 0 Å². The lowest BCUT2D eigenvalue weighted by molar-refractivity contribution is 0.0300. The Kier molecular flexibility index (Phi) is 3.32. The standard InChI is InChI=1S/C18H25NOS/c1-11-5-6-13(16(19)21)14(9-11)20-15-10-12-7-8-18(15,4)17(12,2)3/h5-6,9,12,15H,7-8,10H2,1-4H3,(H2,19,21). The van der Waals surface area contributed by atoms with Crippen molar-refractivity contribution in [2.45, 2.75) is 53.1 Å². The number of hydrogen-bond acceptors (Lipinski definition) is 2. The zero-order chi connectivity index (χ0) is 15.4. The Hall–Kier alpha value is -1.09. The van der Waals surface area contributed by atoms with E-state index in [1.807, 2.05) is 12.1 Å². The quantitative estimate of drug-likeness (QED) is 0.849. The molecular formula is C18H25NOS. The van der Waals surface area contributed by atoms with Crippen LogP contribution in [0, 0.1) is 23.7 Å². The third-order valence-corrected chi connectivity index (χ3v) is 6.61. The first kappa shape index (κ1) is 14.8. The van der Waals surface area contributed by atoms with Crippen LogP contribution >= 0.6 is 12.2 Å². The number of benzene rings is 1. The molecule has 0 aliphatic heterocycles. The van der Waals surface area contributed by atoms with Crippen LogP contribution in [0.2, 0.25) is 0 Å². The van der Waals surface area contributed by atoms with Crippen LogP contribution in [0.1, 0.15) is 51.2 Å². The van der Waals surface area contributed by atoms with Gasteiger partial charge in [0.15, 0.2) is 0 Å². The summed E-state index contributed by atoms with van der Waals surface area (Å²) in [6.45, 7) is 9.26. The lowest BCUT2D eigenvalue weighted by atomic mass is 9.70. The monoisotopic (exact) mass is 303 g/mol. The molecule has 0 amide bonds. The molecule has 21 heavy (non-hydrogen) atoms. The number of hydrogen-bond donors (Lipinski definition) is 1. The summed E-state index contributed by atoms with van der Waals surface area (Å²) >= 11 is 5.17. The second kappa shape index (κ2) is 4.70. The Bertz CT molecular complexity index is 595. The van der Waals surface area contributed by atoms with E-state index in [0.717, 1.165) is 23.7 Å². The summed E-state index contributed by atoms with van der Waals surface area (Å²) in [7, 11) is 0. The van der Waals surface area contributed by atoms with Crippen LogP contribution < -0.4 is 10.5 Å². The van der Waals surface area contributed by atoms with Gasteiger partial charge in [0, 0.05) is 5.41 Å². The Morgan fingerprint density at radius 3 is 2.57 bits per heavy atom. The highest BCUT2D eigenvalue weighted by Gasteiger charge is 2.62.